The average Bonchev–Trinajstić information content (AvgIpc) is 2.72. The molecule has 0 aliphatic rings. The van der Waals surface area contributed by atoms with Gasteiger partial charge in [0.2, 0.25) is 0 Å². The number of nitrogens with zero attached hydrogens (tertiary/aromatic N) is 1. The number of carbonyl (C=O) groups is 1. The van der Waals surface area contributed by atoms with E-state index in [2.05, 4.69) is 13.8 Å². The summed E-state index contributed by atoms with van der Waals surface area (Å²) in [4.78, 5) is 15.3. The zero-order valence-corrected chi connectivity index (χ0v) is 18.4. The van der Waals surface area contributed by atoms with Gasteiger partial charge in [0.25, 0.3) is 5.91 Å². The molecule has 3 aromatic carbocycles. The molecule has 0 aliphatic heterocycles. The first kappa shape index (κ1) is 21.8. The Hall–Kier alpha value is -2.86. The van der Waals surface area contributed by atoms with Crippen LogP contribution in [0.1, 0.15) is 36.7 Å². The lowest BCUT2D eigenvalue weighted by molar-refractivity contribution is 0.0724. The zero-order valence-electron chi connectivity index (χ0n) is 17.5. The SMILES string of the molecule is CCS(=O)(=O)Oc1cccc(CN(CC(C)C)C(=O)c2cccc3ccccc23)c1. The number of benzene rings is 3. The van der Waals surface area contributed by atoms with E-state index in [0.29, 0.717) is 18.7 Å². The minimum atomic E-state index is -3.60. The summed E-state index contributed by atoms with van der Waals surface area (Å²) >= 11 is 0. The van der Waals surface area contributed by atoms with Crippen molar-refractivity contribution in [3.63, 3.8) is 0 Å². The third-order valence-corrected chi connectivity index (χ3v) is 5.89. The molecule has 0 spiro atoms. The van der Waals surface area contributed by atoms with Crippen molar-refractivity contribution in [2.45, 2.75) is 27.3 Å². The molecule has 0 atom stereocenters. The summed E-state index contributed by atoms with van der Waals surface area (Å²) in [5.74, 6) is 0.393. The van der Waals surface area contributed by atoms with Crippen LogP contribution in [0.15, 0.2) is 66.7 Å². The molecular formula is C24H27NO4S. The minimum Gasteiger partial charge on any atom is -0.382 e. The summed E-state index contributed by atoms with van der Waals surface area (Å²) in [6.45, 7) is 6.61. The Kier molecular flexibility index (Phi) is 6.77. The van der Waals surface area contributed by atoms with E-state index >= 15 is 0 Å². The first-order valence-electron chi connectivity index (χ1n) is 10.1. The maximum Gasteiger partial charge on any atom is 0.308 e. The third-order valence-electron chi connectivity index (χ3n) is 4.74. The molecule has 0 saturated heterocycles. The van der Waals surface area contributed by atoms with Gasteiger partial charge in [0.15, 0.2) is 0 Å². The molecule has 0 aliphatic carbocycles. The van der Waals surface area contributed by atoms with Crippen LogP contribution in [-0.2, 0) is 16.7 Å². The second-order valence-electron chi connectivity index (χ2n) is 7.68. The van der Waals surface area contributed by atoms with Crippen LogP contribution in [0.4, 0.5) is 0 Å². The summed E-state index contributed by atoms with van der Waals surface area (Å²) < 4.78 is 28.7. The van der Waals surface area contributed by atoms with E-state index in [1.165, 1.54) is 6.92 Å². The number of carbonyl (C=O) groups excluding carboxylic acids is 1. The summed E-state index contributed by atoms with van der Waals surface area (Å²) in [6.07, 6.45) is 0. The largest absolute Gasteiger partial charge is 0.382 e. The highest BCUT2D eigenvalue weighted by Crippen LogP contribution is 2.23. The van der Waals surface area contributed by atoms with Gasteiger partial charge in [-0.1, -0.05) is 62.4 Å². The number of hydrogen-bond acceptors (Lipinski definition) is 4. The Balaban J connectivity index is 1.91. The molecule has 3 aromatic rings. The Bertz CT molecular complexity index is 1130. The van der Waals surface area contributed by atoms with Gasteiger partial charge in [-0.25, -0.2) is 0 Å². The molecule has 158 valence electrons. The van der Waals surface area contributed by atoms with Crippen LogP contribution in [0.3, 0.4) is 0 Å². The van der Waals surface area contributed by atoms with E-state index in [0.717, 1.165) is 16.3 Å². The maximum atomic E-state index is 13.5. The molecule has 0 aromatic heterocycles. The molecule has 0 saturated carbocycles. The topological polar surface area (TPSA) is 63.7 Å². The van der Waals surface area contributed by atoms with Crippen LogP contribution in [0.5, 0.6) is 5.75 Å². The minimum absolute atomic E-state index is 0.0481. The molecule has 0 unspecified atom stereocenters. The van der Waals surface area contributed by atoms with Crippen LogP contribution in [0.25, 0.3) is 10.8 Å². The predicted molar refractivity (Wildman–Crippen MR) is 120 cm³/mol. The maximum absolute atomic E-state index is 13.5. The first-order valence-corrected chi connectivity index (χ1v) is 11.6. The van der Waals surface area contributed by atoms with Crippen molar-refractivity contribution in [2.75, 3.05) is 12.3 Å². The molecule has 0 fully saturated rings. The zero-order chi connectivity index (χ0) is 21.7. The molecule has 0 N–H and O–H groups in total. The van der Waals surface area contributed by atoms with Crippen LogP contribution in [0, 0.1) is 5.92 Å². The van der Waals surface area contributed by atoms with E-state index in [9.17, 15) is 13.2 Å². The number of fused-ring (bicyclic) bond motifs is 1. The van der Waals surface area contributed by atoms with Gasteiger partial charge in [-0.05, 0) is 47.4 Å². The lowest BCUT2D eigenvalue weighted by Crippen LogP contribution is -2.33. The van der Waals surface area contributed by atoms with Gasteiger partial charge in [-0.2, -0.15) is 8.42 Å². The van der Waals surface area contributed by atoms with E-state index < -0.39 is 10.1 Å². The van der Waals surface area contributed by atoms with Gasteiger partial charge < -0.3 is 9.08 Å². The van der Waals surface area contributed by atoms with Crippen LogP contribution in [-0.4, -0.2) is 31.5 Å². The summed E-state index contributed by atoms with van der Waals surface area (Å²) in [7, 11) is -3.60. The molecular weight excluding hydrogens is 398 g/mol. The smallest absolute Gasteiger partial charge is 0.308 e. The molecule has 30 heavy (non-hydrogen) atoms. The second-order valence-corrected chi connectivity index (χ2v) is 9.54. The fourth-order valence-electron chi connectivity index (χ4n) is 3.36. The Labute approximate surface area is 178 Å². The predicted octanol–water partition coefficient (Wildman–Crippen LogP) is 4.87. The van der Waals surface area contributed by atoms with Gasteiger partial charge in [0.05, 0.1) is 5.75 Å². The van der Waals surface area contributed by atoms with Crippen molar-refractivity contribution >= 4 is 26.8 Å². The van der Waals surface area contributed by atoms with Crippen LogP contribution >= 0.6 is 0 Å². The molecule has 0 radical (unpaired) electrons. The Morgan fingerprint density at radius 2 is 1.70 bits per heavy atom. The van der Waals surface area contributed by atoms with E-state index in [4.69, 9.17) is 4.18 Å². The monoisotopic (exact) mass is 425 g/mol. The van der Waals surface area contributed by atoms with Crippen molar-refractivity contribution in [3.8, 4) is 5.75 Å². The van der Waals surface area contributed by atoms with E-state index in [1.807, 2.05) is 48.5 Å². The van der Waals surface area contributed by atoms with Crippen molar-refractivity contribution in [1.29, 1.82) is 0 Å². The van der Waals surface area contributed by atoms with Crippen LogP contribution < -0.4 is 4.18 Å². The van der Waals surface area contributed by atoms with Gasteiger partial charge in [-0.3, -0.25) is 4.79 Å². The summed E-state index contributed by atoms with van der Waals surface area (Å²) in [5, 5.41) is 1.94. The lowest BCUT2D eigenvalue weighted by Gasteiger charge is -2.25. The lowest BCUT2D eigenvalue weighted by atomic mass is 10.0. The highest BCUT2D eigenvalue weighted by atomic mass is 32.2. The average molecular weight is 426 g/mol. The van der Waals surface area contributed by atoms with Crippen molar-refractivity contribution in [1.82, 2.24) is 4.90 Å². The highest BCUT2D eigenvalue weighted by Gasteiger charge is 2.20. The van der Waals surface area contributed by atoms with Gasteiger partial charge >= 0.3 is 10.1 Å². The summed E-state index contributed by atoms with van der Waals surface area (Å²) in [5.41, 5.74) is 1.47. The molecule has 0 bridgehead atoms. The summed E-state index contributed by atoms with van der Waals surface area (Å²) in [6, 6.07) is 20.5. The molecule has 6 heteroatoms. The quantitative estimate of drug-likeness (QED) is 0.483. The van der Waals surface area contributed by atoms with Crippen molar-refractivity contribution < 1.29 is 17.4 Å². The van der Waals surface area contributed by atoms with Gasteiger partial charge in [0, 0.05) is 18.7 Å². The van der Waals surface area contributed by atoms with Crippen LogP contribution in [0.2, 0.25) is 0 Å². The van der Waals surface area contributed by atoms with E-state index in [-0.39, 0.29) is 23.3 Å². The normalized spacial score (nSPS) is 11.6. The second kappa shape index (κ2) is 9.30. The molecule has 5 nitrogen and oxygen atoms in total. The number of hydrogen-bond donors (Lipinski definition) is 0. The van der Waals surface area contributed by atoms with Gasteiger partial charge in [-0.15, -0.1) is 0 Å². The number of rotatable bonds is 8. The Morgan fingerprint density at radius 1 is 1.00 bits per heavy atom. The van der Waals surface area contributed by atoms with Crippen molar-refractivity contribution in [2.24, 2.45) is 5.92 Å². The standard InChI is InChI=1S/C24H27NO4S/c1-4-30(27,28)29-21-12-7-9-19(15-21)17-25(16-18(2)3)24(26)23-14-8-11-20-10-5-6-13-22(20)23/h5-15,18H,4,16-17H2,1-3H3. The van der Waals surface area contributed by atoms with E-state index in [1.54, 1.807) is 23.1 Å². The highest BCUT2D eigenvalue weighted by molar-refractivity contribution is 7.87. The molecule has 0 heterocycles. The fraction of sp³-hybridized carbons (Fsp3) is 0.292. The molecule has 3 rings (SSSR count). The Morgan fingerprint density at radius 3 is 2.43 bits per heavy atom. The third kappa shape index (κ3) is 5.39. The first-order chi connectivity index (χ1) is 14.3. The van der Waals surface area contributed by atoms with Crippen molar-refractivity contribution in [3.05, 3.63) is 77.9 Å². The number of amides is 1. The fourth-order valence-corrected chi connectivity index (χ4v) is 3.88. The molecule has 1 amide bonds. The van der Waals surface area contributed by atoms with Gasteiger partial charge in [0.1, 0.15) is 5.75 Å².